The summed E-state index contributed by atoms with van der Waals surface area (Å²) in [4.78, 5) is 0. The van der Waals surface area contributed by atoms with Crippen LogP contribution in [0.5, 0.6) is 0 Å². The molecule has 0 aliphatic rings. The molecule has 0 aliphatic heterocycles. The highest BCUT2D eigenvalue weighted by atomic mass is 14.3. The van der Waals surface area contributed by atoms with Gasteiger partial charge in [-0.05, 0) is 122 Å². The molecule has 0 heteroatoms. The normalized spacial score (nSPS) is 11.6. The molecule has 0 radical (unpaired) electrons. The summed E-state index contributed by atoms with van der Waals surface area (Å²) >= 11 is 0. The molecule has 0 fully saturated rings. The lowest BCUT2D eigenvalue weighted by Crippen LogP contribution is -1.95. The summed E-state index contributed by atoms with van der Waals surface area (Å²) in [6.07, 6.45) is 0. The van der Waals surface area contributed by atoms with E-state index in [-0.39, 0.29) is 0 Å². The van der Waals surface area contributed by atoms with Crippen LogP contribution in [0.4, 0.5) is 0 Å². The second kappa shape index (κ2) is 13.2. The van der Waals surface area contributed by atoms with Crippen molar-refractivity contribution in [2.45, 2.75) is 0 Å². The highest BCUT2D eigenvalue weighted by molar-refractivity contribution is 6.30. The number of hydrogen-bond donors (Lipinski definition) is 0. The Labute approximate surface area is 326 Å². The van der Waals surface area contributed by atoms with Gasteiger partial charge in [0.2, 0.25) is 0 Å². The molecular formula is C56H36. The fourth-order valence-electron chi connectivity index (χ4n) is 9.16. The maximum absolute atomic E-state index is 2.41. The van der Waals surface area contributed by atoms with Crippen molar-refractivity contribution in [3.8, 4) is 55.6 Å². The molecule has 0 aromatic heterocycles. The standard InChI is InChI=1S/C56H36/c1-3-17-37(18-4-1)38-31-33-40(34-32-38)53-43-23-9-13-27-47(43)55(48-28-14-10-24-44(48)53)56-49-29-15-11-25-45(49)54(46-26-12-16-30-50(46)56)52-36-42-22-8-7-21-41(42)35-51(52)39-19-5-2-6-20-39/h1-36H. The second-order valence-electron chi connectivity index (χ2n) is 14.7. The van der Waals surface area contributed by atoms with Gasteiger partial charge in [0.15, 0.2) is 0 Å². The average molecular weight is 709 g/mol. The van der Waals surface area contributed by atoms with E-state index in [0.29, 0.717) is 0 Å². The van der Waals surface area contributed by atoms with Crippen LogP contribution in [0.3, 0.4) is 0 Å². The van der Waals surface area contributed by atoms with Gasteiger partial charge in [0.25, 0.3) is 0 Å². The van der Waals surface area contributed by atoms with E-state index in [1.807, 2.05) is 0 Å². The topological polar surface area (TPSA) is 0 Å². The largest absolute Gasteiger partial charge is 0.0622 e. The van der Waals surface area contributed by atoms with E-state index in [2.05, 4.69) is 218 Å². The van der Waals surface area contributed by atoms with Gasteiger partial charge in [0.1, 0.15) is 0 Å². The minimum Gasteiger partial charge on any atom is -0.0622 e. The first-order chi connectivity index (χ1) is 27.8. The van der Waals surface area contributed by atoms with Crippen LogP contribution in [0.1, 0.15) is 0 Å². The molecule has 0 unspecified atom stereocenters. The molecule has 0 atom stereocenters. The van der Waals surface area contributed by atoms with Gasteiger partial charge in [-0.25, -0.2) is 0 Å². The van der Waals surface area contributed by atoms with E-state index >= 15 is 0 Å². The quantitative estimate of drug-likeness (QED) is 0.156. The number of hydrogen-bond acceptors (Lipinski definition) is 0. The maximum Gasteiger partial charge on any atom is -0.00139 e. The minimum atomic E-state index is 1.22. The fraction of sp³-hybridized carbons (Fsp3) is 0. The van der Waals surface area contributed by atoms with Crippen LogP contribution in [-0.2, 0) is 0 Å². The fourth-order valence-corrected chi connectivity index (χ4v) is 9.16. The first-order valence-corrected chi connectivity index (χ1v) is 19.4. The summed E-state index contributed by atoms with van der Waals surface area (Å²) in [6, 6.07) is 80.3. The predicted molar refractivity (Wildman–Crippen MR) is 241 cm³/mol. The molecule has 11 rings (SSSR count). The van der Waals surface area contributed by atoms with Gasteiger partial charge in [-0.3, -0.25) is 0 Å². The zero-order valence-electron chi connectivity index (χ0n) is 30.8. The Morgan fingerprint density at radius 3 is 0.929 bits per heavy atom. The van der Waals surface area contributed by atoms with Crippen molar-refractivity contribution in [1.82, 2.24) is 0 Å². The number of fused-ring (bicyclic) bond motifs is 5. The van der Waals surface area contributed by atoms with Gasteiger partial charge in [0.05, 0.1) is 0 Å². The lowest BCUT2D eigenvalue weighted by molar-refractivity contribution is 1.61. The zero-order chi connectivity index (χ0) is 37.0. The van der Waals surface area contributed by atoms with Crippen LogP contribution < -0.4 is 0 Å². The van der Waals surface area contributed by atoms with Gasteiger partial charge in [-0.1, -0.05) is 206 Å². The van der Waals surface area contributed by atoms with E-state index in [4.69, 9.17) is 0 Å². The Balaban J connectivity index is 1.24. The maximum atomic E-state index is 2.41. The zero-order valence-corrected chi connectivity index (χ0v) is 30.8. The SMILES string of the molecule is c1ccc(-c2ccc(-c3c4ccccc4c(-c4c5ccccc5c(-c5cc6ccccc6cc5-c5ccccc5)c5ccccc45)c4ccccc34)cc2)cc1. The highest BCUT2D eigenvalue weighted by Gasteiger charge is 2.23. The van der Waals surface area contributed by atoms with E-state index < -0.39 is 0 Å². The summed E-state index contributed by atoms with van der Waals surface area (Å²) in [7, 11) is 0. The highest BCUT2D eigenvalue weighted by Crippen LogP contribution is 2.51. The Morgan fingerprint density at radius 2 is 0.482 bits per heavy atom. The molecule has 0 heterocycles. The summed E-state index contributed by atoms with van der Waals surface area (Å²) < 4.78 is 0. The summed E-state index contributed by atoms with van der Waals surface area (Å²) in [5, 5.41) is 12.5. The lowest BCUT2D eigenvalue weighted by atomic mass is 9.80. The van der Waals surface area contributed by atoms with Gasteiger partial charge < -0.3 is 0 Å². The van der Waals surface area contributed by atoms with Gasteiger partial charge in [0, 0.05) is 0 Å². The van der Waals surface area contributed by atoms with E-state index in [0.717, 1.165) is 0 Å². The average Bonchev–Trinajstić information content (AvgIpc) is 3.28. The molecule has 56 heavy (non-hydrogen) atoms. The van der Waals surface area contributed by atoms with E-state index in [1.165, 1.54) is 109 Å². The Kier molecular flexibility index (Phi) is 7.60. The smallest absolute Gasteiger partial charge is 0.00139 e. The van der Waals surface area contributed by atoms with Gasteiger partial charge in [-0.15, -0.1) is 0 Å². The molecule has 0 bridgehead atoms. The third kappa shape index (κ3) is 5.15. The molecule has 0 amide bonds. The first-order valence-electron chi connectivity index (χ1n) is 19.4. The Hall–Kier alpha value is -7.28. The van der Waals surface area contributed by atoms with E-state index in [1.54, 1.807) is 0 Å². The van der Waals surface area contributed by atoms with Crippen LogP contribution in [-0.4, -0.2) is 0 Å². The molecule has 0 spiro atoms. The monoisotopic (exact) mass is 708 g/mol. The van der Waals surface area contributed by atoms with Gasteiger partial charge in [-0.2, -0.15) is 0 Å². The number of benzene rings is 11. The van der Waals surface area contributed by atoms with Crippen molar-refractivity contribution >= 4 is 53.9 Å². The molecule has 0 saturated heterocycles. The first kappa shape index (κ1) is 32.2. The summed E-state index contributed by atoms with van der Waals surface area (Å²) in [5.41, 5.74) is 12.5. The third-order valence-electron chi connectivity index (χ3n) is 11.6. The molecule has 260 valence electrons. The molecule has 0 aliphatic carbocycles. The van der Waals surface area contributed by atoms with Crippen LogP contribution in [0, 0.1) is 0 Å². The molecule has 11 aromatic carbocycles. The van der Waals surface area contributed by atoms with Crippen molar-refractivity contribution < 1.29 is 0 Å². The molecular weight excluding hydrogens is 673 g/mol. The van der Waals surface area contributed by atoms with Crippen molar-refractivity contribution in [3.05, 3.63) is 218 Å². The number of rotatable bonds is 5. The molecule has 11 aromatic rings. The van der Waals surface area contributed by atoms with Crippen molar-refractivity contribution in [3.63, 3.8) is 0 Å². The van der Waals surface area contributed by atoms with Crippen LogP contribution in [0.15, 0.2) is 218 Å². The Morgan fingerprint density at radius 1 is 0.179 bits per heavy atom. The molecule has 0 N–H and O–H groups in total. The lowest BCUT2D eigenvalue weighted by Gasteiger charge is -2.23. The van der Waals surface area contributed by atoms with Crippen molar-refractivity contribution in [1.29, 1.82) is 0 Å². The minimum absolute atomic E-state index is 1.22. The van der Waals surface area contributed by atoms with E-state index in [9.17, 15) is 0 Å². The Bertz CT molecular complexity index is 3150. The summed E-state index contributed by atoms with van der Waals surface area (Å²) in [6.45, 7) is 0. The van der Waals surface area contributed by atoms with Crippen LogP contribution in [0.25, 0.3) is 109 Å². The van der Waals surface area contributed by atoms with Crippen LogP contribution >= 0.6 is 0 Å². The van der Waals surface area contributed by atoms with Gasteiger partial charge >= 0.3 is 0 Å². The van der Waals surface area contributed by atoms with Crippen molar-refractivity contribution in [2.24, 2.45) is 0 Å². The van der Waals surface area contributed by atoms with Crippen molar-refractivity contribution in [2.75, 3.05) is 0 Å². The second-order valence-corrected chi connectivity index (χ2v) is 14.7. The predicted octanol–water partition coefficient (Wildman–Crippen LogP) is 15.8. The molecule has 0 nitrogen and oxygen atoms in total. The third-order valence-corrected chi connectivity index (χ3v) is 11.6. The van der Waals surface area contributed by atoms with Crippen LogP contribution in [0.2, 0.25) is 0 Å². The molecule has 0 saturated carbocycles. The summed E-state index contributed by atoms with van der Waals surface area (Å²) in [5.74, 6) is 0.